The molecule has 3 fully saturated rings. The van der Waals surface area contributed by atoms with Gasteiger partial charge in [0.05, 0.1) is 5.41 Å². The summed E-state index contributed by atoms with van der Waals surface area (Å²) in [6.07, 6.45) is 9.22. The molecule has 2 heterocycles. The van der Waals surface area contributed by atoms with E-state index >= 15 is 0 Å². The molecule has 0 unspecified atom stereocenters. The number of carboxylic acid groups (broad SMARTS) is 1. The predicted octanol–water partition coefficient (Wildman–Crippen LogP) is 2.44. The Hall–Kier alpha value is -0.610. The average molecular weight is 294 g/mol. The number of likely N-dealkylation sites (tertiary alicyclic amines) is 2. The zero-order valence-corrected chi connectivity index (χ0v) is 13.2. The van der Waals surface area contributed by atoms with E-state index in [0.29, 0.717) is 0 Å². The van der Waals surface area contributed by atoms with Crippen molar-refractivity contribution in [1.29, 1.82) is 0 Å². The normalized spacial score (nSPS) is 28.2. The van der Waals surface area contributed by atoms with E-state index in [1.165, 1.54) is 45.3 Å². The van der Waals surface area contributed by atoms with Gasteiger partial charge in [-0.3, -0.25) is 4.79 Å². The van der Waals surface area contributed by atoms with E-state index in [-0.39, 0.29) is 0 Å². The number of rotatable bonds is 5. The Morgan fingerprint density at radius 3 is 2.14 bits per heavy atom. The van der Waals surface area contributed by atoms with Crippen molar-refractivity contribution in [3.63, 3.8) is 0 Å². The van der Waals surface area contributed by atoms with Crippen LogP contribution in [0.25, 0.3) is 0 Å². The SMILES string of the molecule is O=C(O)C1(CN2CCC(CN3CCCC3)CC2)CCCC1. The van der Waals surface area contributed by atoms with Gasteiger partial charge >= 0.3 is 5.97 Å². The molecule has 0 aromatic heterocycles. The van der Waals surface area contributed by atoms with Crippen LogP contribution >= 0.6 is 0 Å². The van der Waals surface area contributed by atoms with Crippen molar-refractivity contribution in [2.45, 2.75) is 51.4 Å². The zero-order chi connectivity index (χ0) is 14.7. The Labute approximate surface area is 128 Å². The first kappa shape index (κ1) is 15.3. The van der Waals surface area contributed by atoms with Crippen molar-refractivity contribution in [1.82, 2.24) is 9.80 Å². The lowest BCUT2D eigenvalue weighted by atomic mass is 9.84. The van der Waals surface area contributed by atoms with E-state index in [1.54, 1.807) is 0 Å². The fraction of sp³-hybridized carbons (Fsp3) is 0.941. The minimum atomic E-state index is -0.556. The summed E-state index contributed by atoms with van der Waals surface area (Å²) < 4.78 is 0. The molecule has 1 N–H and O–H groups in total. The highest BCUT2D eigenvalue weighted by Crippen LogP contribution is 2.39. The van der Waals surface area contributed by atoms with Gasteiger partial charge in [0.1, 0.15) is 0 Å². The van der Waals surface area contributed by atoms with Gasteiger partial charge in [0.25, 0.3) is 0 Å². The van der Waals surface area contributed by atoms with E-state index in [0.717, 1.165) is 51.2 Å². The van der Waals surface area contributed by atoms with Crippen LogP contribution in [0.5, 0.6) is 0 Å². The number of hydrogen-bond acceptors (Lipinski definition) is 3. The number of aliphatic carboxylic acids is 1. The summed E-state index contributed by atoms with van der Waals surface area (Å²) in [7, 11) is 0. The monoisotopic (exact) mass is 294 g/mol. The van der Waals surface area contributed by atoms with E-state index in [1.807, 2.05) is 0 Å². The quantitative estimate of drug-likeness (QED) is 0.846. The summed E-state index contributed by atoms with van der Waals surface area (Å²) in [6, 6.07) is 0. The lowest BCUT2D eigenvalue weighted by Crippen LogP contribution is -2.45. The highest BCUT2D eigenvalue weighted by molar-refractivity contribution is 5.75. The largest absolute Gasteiger partial charge is 0.481 e. The van der Waals surface area contributed by atoms with Crippen LogP contribution in [-0.2, 0) is 4.79 Å². The first-order valence-electron chi connectivity index (χ1n) is 8.86. The van der Waals surface area contributed by atoms with Crippen molar-refractivity contribution < 1.29 is 9.90 Å². The molecule has 3 aliphatic rings. The Bertz CT molecular complexity index is 352. The summed E-state index contributed by atoms with van der Waals surface area (Å²) in [5.74, 6) is 0.280. The standard InChI is InChI=1S/C17H30N2O2/c20-16(21)17(7-1-2-8-17)14-19-11-5-15(6-12-19)13-18-9-3-4-10-18/h15H,1-14H2,(H,20,21). The fourth-order valence-corrected chi connectivity index (χ4v) is 4.58. The molecule has 0 aromatic carbocycles. The lowest BCUT2D eigenvalue weighted by molar-refractivity contribution is -0.150. The minimum absolute atomic E-state index is 0.429. The number of nitrogens with zero attached hydrogens (tertiary/aromatic N) is 2. The third-order valence-electron chi connectivity index (χ3n) is 5.96. The molecular weight excluding hydrogens is 264 g/mol. The molecular formula is C17H30N2O2. The second kappa shape index (κ2) is 6.66. The van der Waals surface area contributed by atoms with Crippen LogP contribution in [0, 0.1) is 11.3 Å². The number of piperidine rings is 1. The van der Waals surface area contributed by atoms with Crippen molar-refractivity contribution in [3.8, 4) is 0 Å². The Morgan fingerprint density at radius 2 is 1.57 bits per heavy atom. The van der Waals surface area contributed by atoms with Gasteiger partial charge in [-0.05, 0) is 70.6 Å². The molecule has 21 heavy (non-hydrogen) atoms. The van der Waals surface area contributed by atoms with Gasteiger partial charge < -0.3 is 14.9 Å². The van der Waals surface area contributed by atoms with Crippen molar-refractivity contribution >= 4 is 5.97 Å². The fourth-order valence-electron chi connectivity index (χ4n) is 4.58. The Morgan fingerprint density at radius 1 is 0.952 bits per heavy atom. The maximum absolute atomic E-state index is 11.7. The van der Waals surface area contributed by atoms with E-state index in [9.17, 15) is 9.90 Å². The Balaban J connectivity index is 1.45. The van der Waals surface area contributed by atoms with Crippen molar-refractivity contribution in [3.05, 3.63) is 0 Å². The van der Waals surface area contributed by atoms with Gasteiger partial charge in [-0.1, -0.05) is 12.8 Å². The molecule has 4 nitrogen and oxygen atoms in total. The number of carboxylic acids is 1. The smallest absolute Gasteiger partial charge is 0.310 e. The summed E-state index contributed by atoms with van der Waals surface area (Å²) in [5, 5.41) is 9.60. The molecule has 2 saturated heterocycles. The van der Waals surface area contributed by atoms with Crippen LogP contribution in [0.3, 0.4) is 0 Å². The van der Waals surface area contributed by atoms with E-state index in [2.05, 4.69) is 9.80 Å². The first-order valence-corrected chi connectivity index (χ1v) is 8.86. The number of hydrogen-bond donors (Lipinski definition) is 1. The Kier molecular flexibility index (Phi) is 4.85. The van der Waals surface area contributed by atoms with Gasteiger partial charge in [0.2, 0.25) is 0 Å². The highest BCUT2D eigenvalue weighted by Gasteiger charge is 2.43. The number of carbonyl (C=O) groups is 1. The minimum Gasteiger partial charge on any atom is -0.481 e. The molecule has 1 aliphatic carbocycles. The van der Waals surface area contributed by atoms with Crippen molar-refractivity contribution in [2.24, 2.45) is 11.3 Å². The van der Waals surface area contributed by atoms with Gasteiger partial charge in [-0.2, -0.15) is 0 Å². The third-order valence-corrected chi connectivity index (χ3v) is 5.96. The van der Waals surface area contributed by atoms with Crippen LogP contribution < -0.4 is 0 Å². The van der Waals surface area contributed by atoms with Gasteiger partial charge in [-0.25, -0.2) is 0 Å². The van der Waals surface area contributed by atoms with Crippen LogP contribution in [0.15, 0.2) is 0 Å². The third kappa shape index (κ3) is 3.59. The molecule has 0 spiro atoms. The van der Waals surface area contributed by atoms with Gasteiger partial charge in [-0.15, -0.1) is 0 Å². The highest BCUT2D eigenvalue weighted by atomic mass is 16.4. The van der Waals surface area contributed by atoms with Crippen molar-refractivity contribution in [2.75, 3.05) is 39.3 Å². The predicted molar refractivity (Wildman–Crippen MR) is 83.4 cm³/mol. The summed E-state index contributed by atoms with van der Waals surface area (Å²) >= 11 is 0. The van der Waals surface area contributed by atoms with Crippen LogP contribution in [0.2, 0.25) is 0 Å². The zero-order valence-electron chi connectivity index (χ0n) is 13.2. The van der Waals surface area contributed by atoms with Gasteiger partial charge in [0.15, 0.2) is 0 Å². The molecule has 0 bridgehead atoms. The summed E-state index contributed by atoms with van der Waals surface area (Å²) in [4.78, 5) is 16.7. The van der Waals surface area contributed by atoms with Crippen LogP contribution in [-0.4, -0.2) is 60.1 Å². The maximum Gasteiger partial charge on any atom is 0.310 e. The van der Waals surface area contributed by atoms with E-state index < -0.39 is 11.4 Å². The van der Waals surface area contributed by atoms with E-state index in [4.69, 9.17) is 0 Å². The molecule has 0 aromatic rings. The van der Waals surface area contributed by atoms with Crippen LogP contribution in [0.1, 0.15) is 51.4 Å². The molecule has 0 amide bonds. The molecule has 120 valence electrons. The molecule has 0 atom stereocenters. The second-order valence-corrected chi connectivity index (χ2v) is 7.52. The van der Waals surface area contributed by atoms with Crippen LogP contribution in [0.4, 0.5) is 0 Å². The summed E-state index contributed by atoms with van der Waals surface area (Å²) in [6.45, 7) is 6.86. The molecule has 3 rings (SSSR count). The molecule has 4 heteroatoms. The topological polar surface area (TPSA) is 43.8 Å². The molecule has 1 saturated carbocycles. The maximum atomic E-state index is 11.7. The average Bonchev–Trinajstić information content (AvgIpc) is 3.13. The molecule has 0 radical (unpaired) electrons. The lowest BCUT2D eigenvalue weighted by Gasteiger charge is -2.38. The molecule has 2 aliphatic heterocycles. The summed E-state index contributed by atoms with van der Waals surface area (Å²) in [5.41, 5.74) is -0.429. The second-order valence-electron chi connectivity index (χ2n) is 7.52. The van der Waals surface area contributed by atoms with Gasteiger partial charge in [0, 0.05) is 13.1 Å². The first-order chi connectivity index (χ1) is 10.2.